The summed E-state index contributed by atoms with van der Waals surface area (Å²) in [6.45, 7) is 0. The summed E-state index contributed by atoms with van der Waals surface area (Å²) < 4.78 is 11.2. The van der Waals surface area contributed by atoms with Gasteiger partial charge in [-0.05, 0) is 52.7 Å². The Morgan fingerprint density at radius 1 is 0.833 bits per heavy atom. The van der Waals surface area contributed by atoms with Crippen molar-refractivity contribution < 1.29 is 14.3 Å². The first-order valence-electron chi connectivity index (χ1n) is 9.46. The highest BCUT2D eigenvalue weighted by molar-refractivity contribution is 6.02. The minimum Gasteiger partial charge on any atom is -0.496 e. The first-order valence-corrected chi connectivity index (χ1v) is 9.46. The number of amides is 1. The van der Waals surface area contributed by atoms with Crippen molar-refractivity contribution in [2.75, 3.05) is 7.11 Å². The number of nitrogens with zero attached hydrogens (tertiary/aromatic N) is 1. The molecule has 5 heteroatoms. The van der Waals surface area contributed by atoms with Crippen LogP contribution in [0.4, 0.5) is 0 Å². The number of nitrogens with one attached hydrogen (secondary N) is 1. The fourth-order valence-corrected chi connectivity index (χ4v) is 3.07. The van der Waals surface area contributed by atoms with Crippen LogP contribution >= 0.6 is 0 Å². The van der Waals surface area contributed by atoms with Crippen LogP contribution in [-0.2, 0) is 0 Å². The average molecular weight is 396 g/mol. The molecule has 0 aliphatic carbocycles. The number of hydrogen-bond donors (Lipinski definition) is 1. The van der Waals surface area contributed by atoms with Gasteiger partial charge in [0, 0.05) is 0 Å². The lowest BCUT2D eigenvalue weighted by Gasteiger charge is -2.09. The molecule has 0 atom stereocenters. The Hall–Kier alpha value is -4.12. The summed E-state index contributed by atoms with van der Waals surface area (Å²) in [7, 11) is 1.54. The van der Waals surface area contributed by atoms with Crippen LogP contribution in [0.5, 0.6) is 17.2 Å². The molecule has 1 N–H and O–H groups in total. The van der Waals surface area contributed by atoms with Crippen LogP contribution in [0, 0.1) is 0 Å². The second-order valence-corrected chi connectivity index (χ2v) is 6.59. The van der Waals surface area contributed by atoms with Crippen LogP contribution in [0.25, 0.3) is 10.8 Å². The summed E-state index contributed by atoms with van der Waals surface area (Å²) in [5.74, 6) is 1.60. The van der Waals surface area contributed by atoms with E-state index in [0.717, 1.165) is 22.1 Å². The molecule has 0 bridgehead atoms. The molecule has 0 unspecified atom stereocenters. The number of carbonyl (C=O) groups is 1. The van der Waals surface area contributed by atoms with E-state index in [0.29, 0.717) is 17.1 Å². The second-order valence-electron chi connectivity index (χ2n) is 6.59. The first kappa shape index (κ1) is 19.2. The molecule has 30 heavy (non-hydrogen) atoms. The van der Waals surface area contributed by atoms with Gasteiger partial charge in [0.05, 0.1) is 18.9 Å². The quantitative estimate of drug-likeness (QED) is 0.350. The van der Waals surface area contributed by atoms with Gasteiger partial charge in [-0.1, -0.05) is 54.6 Å². The number of para-hydroxylation sites is 1. The van der Waals surface area contributed by atoms with Gasteiger partial charge in [-0.2, -0.15) is 5.10 Å². The Kier molecular flexibility index (Phi) is 5.71. The number of carbonyl (C=O) groups excluding carboxylic acids is 1. The Morgan fingerprint density at radius 3 is 2.30 bits per heavy atom. The van der Waals surface area contributed by atoms with E-state index in [1.54, 1.807) is 19.4 Å². The lowest BCUT2D eigenvalue weighted by Crippen LogP contribution is -2.18. The zero-order valence-electron chi connectivity index (χ0n) is 16.4. The van der Waals surface area contributed by atoms with Gasteiger partial charge < -0.3 is 9.47 Å². The van der Waals surface area contributed by atoms with Crippen molar-refractivity contribution in [3.8, 4) is 17.2 Å². The van der Waals surface area contributed by atoms with E-state index < -0.39 is 0 Å². The van der Waals surface area contributed by atoms with Gasteiger partial charge in [0.15, 0.2) is 0 Å². The normalized spacial score (nSPS) is 10.8. The zero-order chi connectivity index (χ0) is 20.8. The van der Waals surface area contributed by atoms with E-state index in [-0.39, 0.29) is 5.91 Å². The Bertz CT molecular complexity index is 1200. The fourth-order valence-electron chi connectivity index (χ4n) is 3.07. The van der Waals surface area contributed by atoms with E-state index in [9.17, 15) is 4.79 Å². The van der Waals surface area contributed by atoms with Gasteiger partial charge in [-0.3, -0.25) is 4.79 Å². The molecule has 4 rings (SSSR count). The Labute approximate surface area is 174 Å². The topological polar surface area (TPSA) is 59.9 Å². The van der Waals surface area contributed by atoms with Gasteiger partial charge in [-0.15, -0.1) is 0 Å². The van der Waals surface area contributed by atoms with E-state index in [2.05, 4.69) is 10.5 Å². The van der Waals surface area contributed by atoms with Gasteiger partial charge in [0.25, 0.3) is 5.91 Å². The van der Waals surface area contributed by atoms with Gasteiger partial charge >= 0.3 is 0 Å². The molecule has 5 nitrogen and oxygen atoms in total. The molecule has 0 radical (unpaired) electrons. The third-order valence-electron chi connectivity index (χ3n) is 4.53. The molecule has 0 saturated carbocycles. The highest BCUT2D eigenvalue weighted by atomic mass is 16.5. The van der Waals surface area contributed by atoms with Crippen LogP contribution in [-0.4, -0.2) is 19.2 Å². The zero-order valence-corrected chi connectivity index (χ0v) is 16.4. The molecule has 0 aliphatic rings. The van der Waals surface area contributed by atoms with Crippen LogP contribution in [0.15, 0.2) is 96.1 Å². The smallest absolute Gasteiger partial charge is 0.275 e. The third kappa shape index (κ3) is 4.47. The summed E-state index contributed by atoms with van der Waals surface area (Å²) >= 11 is 0. The van der Waals surface area contributed by atoms with Crippen molar-refractivity contribution in [1.29, 1.82) is 0 Å². The Balaban J connectivity index is 1.47. The third-order valence-corrected chi connectivity index (χ3v) is 4.53. The lowest BCUT2D eigenvalue weighted by atomic mass is 10.1. The molecular weight excluding hydrogens is 376 g/mol. The summed E-state index contributed by atoms with van der Waals surface area (Å²) in [6.07, 6.45) is 1.57. The number of fused-ring (bicyclic) bond motifs is 1. The fraction of sp³-hybridized carbons (Fsp3) is 0.0400. The monoisotopic (exact) mass is 396 g/mol. The van der Waals surface area contributed by atoms with E-state index in [4.69, 9.17) is 9.47 Å². The molecule has 0 aliphatic heterocycles. The molecule has 0 heterocycles. The van der Waals surface area contributed by atoms with Crippen LogP contribution < -0.4 is 14.9 Å². The van der Waals surface area contributed by atoms with Crippen molar-refractivity contribution in [1.82, 2.24) is 5.43 Å². The molecule has 4 aromatic carbocycles. The van der Waals surface area contributed by atoms with Gasteiger partial charge in [-0.25, -0.2) is 5.43 Å². The van der Waals surface area contributed by atoms with E-state index >= 15 is 0 Å². The van der Waals surface area contributed by atoms with Crippen molar-refractivity contribution >= 4 is 22.9 Å². The number of rotatable bonds is 6. The van der Waals surface area contributed by atoms with Crippen molar-refractivity contribution in [3.63, 3.8) is 0 Å². The molecule has 4 aromatic rings. The van der Waals surface area contributed by atoms with Gasteiger partial charge in [0.2, 0.25) is 0 Å². The van der Waals surface area contributed by atoms with E-state index in [1.807, 2.05) is 84.9 Å². The highest BCUT2D eigenvalue weighted by Crippen LogP contribution is 2.26. The van der Waals surface area contributed by atoms with E-state index in [1.165, 1.54) is 0 Å². The SMILES string of the molecule is COc1cc2ccccc2cc1C(=O)N/N=C\c1cccc(Oc2ccccc2)c1. The molecule has 0 aromatic heterocycles. The minimum absolute atomic E-state index is 0.342. The molecule has 1 amide bonds. The van der Waals surface area contributed by atoms with Crippen LogP contribution in [0.3, 0.4) is 0 Å². The summed E-state index contributed by atoms with van der Waals surface area (Å²) in [5, 5.41) is 6.05. The maximum Gasteiger partial charge on any atom is 0.275 e. The molecule has 0 fully saturated rings. The second kappa shape index (κ2) is 8.92. The van der Waals surface area contributed by atoms with Crippen molar-refractivity contribution in [2.24, 2.45) is 5.10 Å². The number of ether oxygens (including phenoxy) is 2. The predicted molar refractivity (Wildman–Crippen MR) is 119 cm³/mol. The predicted octanol–water partition coefficient (Wildman–Crippen LogP) is 5.40. The maximum atomic E-state index is 12.6. The standard InChI is InChI=1S/C25H20N2O3/c1-29-24-16-20-10-6-5-9-19(20)15-23(24)25(28)27-26-17-18-8-7-13-22(14-18)30-21-11-3-2-4-12-21/h2-17H,1H3,(H,27,28)/b26-17-. The van der Waals surface area contributed by atoms with Crippen LogP contribution in [0.1, 0.15) is 15.9 Å². The molecule has 0 saturated heterocycles. The number of methoxy groups -OCH3 is 1. The number of hydrazone groups is 1. The molecular formula is C25H20N2O3. The minimum atomic E-state index is -0.342. The maximum absolute atomic E-state index is 12.6. The largest absolute Gasteiger partial charge is 0.496 e. The average Bonchev–Trinajstić information content (AvgIpc) is 2.79. The highest BCUT2D eigenvalue weighted by Gasteiger charge is 2.13. The number of benzene rings is 4. The van der Waals surface area contributed by atoms with Crippen LogP contribution in [0.2, 0.25) is 0 Å². The summed E-state index contributed by atoms with van der Waals surface area (Å²) in [6, 6.07) is 28.4. The summed E-state index contributed by atoms with van der Waals surface area (Å²) in [4.78, 5) is 12.6. The molecule has 148 valence electrons. The van der Waals surface area contributed by atoms with Gasteiger partial charge in [0.1, 0.15) is 17.2 Å². The lowest BCUT2D eigenvalue weighted by molar-refractivity contribution is 0.0952. The van der Waals surface area contributed by atoms with Crippen molar-refractivity contribution in [2.45, 2.75) is 0 Å². The Morgan fingerprint density at radius 2 is 1.53 bits per heavy atom. The van der Waals surface area contributed by atoms with Crippen molar-refractivity contribution in [3.05, 3.63) is 102 Å². The first-order chi connectivity index (χ1) is 14.7. The molecule has 0 spiro atoms. The number of hydrogen-bond acceptors (Lipinski definition) is 4. The summed E-state index contributed by atoms with van der Waals surface area (Å²) in [5.41, 5.74) is 3.79.